The minimum absolute atomic E-state index is 0.0188. The van der Waals surface area contributed by atoms with Crippen LogP contribution in [0.4, 0.5) is 0 Å². The molecule has 5 heteroatoms. The number of nitrogens with zero attached hydrogens (tertiary/aromatic N) is 2. The van der Waals surface area contributed by atoms with Crippen molar-refractivity contribution in [1.29, 1.82) is 0 Å². The molecular formula is C27H16N2OS2. The van der Waals surface area contributed by atoms with E-state index in [1.165, 1.54) is 0 Å². The maximum Gasteiger partial charge on any atom is 0.194 e. The lowest BCUT2D eigenvalue weighted by Gasteiger charge is -2.09. The van der Waals surface area contributed by atoms with Crippen LogP contribution in [-0.4, -0.2) is 15.8 Å². The van der Waals surface area contributed by atoms with E-state index in [9.17, 15) is 4.79 Å². The van der Waals surface area contributed by atoms with E-state index in [0.717, 1.165) is 41.6 Å². The third-order valence-corrected chi connectivity index (χ3v) is 7.53. The van der Waals surface area contributed by atoms with Crippen molar-refractivity contribution >= 4 is 48.9 Å². The molecule has 32 heavy (non-hydrogen) atoms. The SMILES string of the molecule is O=C(c1ccccc1-c1nc2ccccc2s1)c1ccccc1-c1nc2ccccc2s1. The van der Waals surface area contributed by atoms with E-state index in [1.54, 1.807) is 22.7 Å². The fourth-order valence-electron chi connectivity index (χ4n) is 3.86. The van der Waals surface area contributed by atoms with Crippen LogP contribution < -0.4 is 0 Å². The number of hydrogen-bond donors (Lipinski definition) is 0. The van der Waals surface area contributed by atoms with Crippen LogP contribution in [0, 0.1) is 0 Å². The van der Waals surface area contributed by atoms with Crippen LogP contribution in [0.1, 0.15) is 15.9 Å². The van der Waals surface area contributed by atoms with Crippen molar-refractivity contribution < 1.29 is 4.79 Å². The summed E-state index contributed by atoms with van der Waals surface area (Å²) in [5, 5.41) is 1.71. The molecule has 3 nitrogen and oxygen atoms in total. The Morgan fingerprint density at radius 2 is 0.938 bits per heavy atom. The maximum absolute atomic E-state index is 13.8. The smallest absolute Gasteiger partial charge is 0.194 e. The van der Waals surface area contributed by atoms with E-state index in [0.29, 0.717) is 11.1 Å². The molecule has 152 valence electrons. The maximum atomic E-state index is 13.8. The molecule has 6 aromatic rings. The molecule has 0 spiro atoms. The van der Waals surface area contributed by atoms with E-state index < -0.39 is 0 Å². The van der Waals surface area contributed by atoms with Crippen LogP contribution in [0.25, 0.3) is 41.6 Å². The normalized spacial score (nSPS) is 11.2. The van der Waals surface area contributed by atoms with Gasteiger partial charge in [0.1, 0.15) is 10.0 Å². The van der Waals surface area contributed by atoms with Gasteiger partial charge in [-0.05, 0) is 24.3 Å². The second-order valence-electron chi connectivity index (χ2n) is 7.39. The first kappa shape index (κ1) is 19.0. The quantitative estimate of drug-likeness (QED) is 0.263. The van der Waals surface area contributed by atoms with Gasteiger partial charge >= 0.3 is 0 Å². The lowest BCUT2D eigenvalue weighted by Crippen LogP contribution is -2.05. The van der Waals surface area contributed by atoms with Crippen LogP contribution >= 0.6 is 22.7 Å². The van der Waals surface area contributed by atoms with Gasteiger partial charge in [0.25, 0.3) is 0 Å². The van der Waals surface area contributed by atoms with E-state index in [4.69, 9.17) is 9.97 Å². The number of carbonyl (C=O) groups excluding carboxylic acids is 1. The van der Waals surface area contributed by atoms with Crippen molar-refractivity contribution in [2.24, 2.45) is 0 Å². The molecule has 6 rings (SSSR count). The number of rotatable bonds is 4. The number of benzene rings is 4. The lowest BCUT2D eigenvalue weighted by atomic mass is 9.95. The van der Waals surface area contributed by atoms with E-state index in [-0.39, 0.29) is 5.78 Å². The number of carbonyl (C=O) groups is 1. The molecule has 0 radical (unpaired) electrons. The second-order valence-corrected chi connectivity index (χ2v) is 9.46. The molecule has 0 unspecified atom stereocenters. The van der Waals surface area contributed by atoms with Gasteiger partial charge in [-0.15, -0.1) is 22.7 Å². The summed E-state index contributed by atoms with van der Waals surface area (Å²) in [5.74, 6) is -0.0188. The predicted octanol–water partition coefficient (Wildman–Crippen LogP) is 7.47. The van der Waals surface area contributed by atoms with E-state index in [1.807, 2.05) is 84.9 Å². The van der Waals surface area contributed by atoms with Crippen LogP contribution in [0.5, 0.6) is 0 Å². The molecule has 0 fully saturated rings. The summed E-state index contributed by atoms with van der Waals surface area (Å²) in [7, 11) is 0. The van der Waals surface area contributed by atoms with Crippen molar-refractivity contribution in [2.45, 2.75) is 0 Å². The van der Waals surface area contributed by atoms with E-state index in [2.05, 4.69) is 12.1 Å². The zero-order chi connectivity index (χ0) is 21.5. The molecule has 0 bridgehead atoms. The molecule has 0 N–H and O–H groups in total. The fourth-order valence-corrected chi connectivity index (χ4v) is 5.87. The number of fused-ring (bicyclic) bond motifs is 2. The number of thiazole rings is 2. The van der Waals surface area contributed by atoms with Gasteiger partial charge in [0.2, 0.25) is 0 Å². The molecule has 0 saturated heterocycles. The van der Waals surface area contributed by atoms with Gasteiger partial charge in [0.05, 0.1) is 20.4 Å². The first-order valence-electron chi connectivity index (χ1n) is 10.2. The Labute approximate surface area is 192 Å². The Bertz CT molecular complexity index is 1430. The van der Waals surface area contributed by atoms with Gasteiger partial charge in [-0.25, -0.2) is 9.97 Å². The van der Waals surface area contributed by atoms with Gasteiger partial charge < -0.3 is 0 Å². The predicted molar refractivity (Wildman–Crippen MR) is 134 cm³/mol. The topological polar surface area (TPSA) is 42.9 Å². The Morgan fingerprint density at radius 3 is 1.41 bits per heavy atom. The molecule has 0 amide bonds. The average molecular weight is 449 g/mol. The van der Waals surface area contributed by atoms with E-state index >= 15 is 0 Å². The summed E-state index contributed by atoms with van der Waals surface area (Å²) in [4.78, 5) is 23.4. The number of aromatic nitrogens is 2. The minimum Gasteiger partial charge on any atom is -0.289 e. The summed E-state index contributed by atoms with van der Waals surface area (Å²) in [5.41, 5.74) is 4.92. The standard InChI is InChI=1S/C27H16N2OS2/c30-25(17-9-1-3-11-19(17)26-28-21-13-5-7-15-23(21)31-26)18-10-2-4-12-20(18)27-29-22-14-6-8-16-24(22)32-27/h1-16H. The van der Waals surface area contributed by atoms with Crippen LogP contribution in [-0.2, 0) is 0 Å². The Hall–Kier alpha value is -3.67. The lowest BCUT2D eigenvalue weighted by molar-refractivity contribution is 0.104. The summed E-state index contributed by atoms with van der Waals surface area (Å²) < 4.78 is 2.22. The fraction of sp³-hybridized carbons (Fsp3) is 0. The average Bonchev–Trinajstić information content (AvgIpc) is 3.48. The molecule has 0 saturated carbocycles. The van der Waals surface area contributed by atoms with Gasteiger partial charge in [-0.2, -0.15) is 0 Å². The number of para-hydroxylation sites is 2. The zero-order valence-corrected chi connectivity index (χ0v) is 18.5. The van der Waals surface area contributed by atoms with Crippen molar-refractivity contribution in [3.8, 4) is 21.1 Å². The Morgan fingerprint density at radius 1 is 0.531 bits per heavy atom. The molecule has 0 aliphatic carbocycles. The zero-order valence-electron chi connectivity index (χ0n) is 16.9. The van der Waals surface area contributed by atoms with Gasteiger partial charge in [-0.3, -0.25) is 4.79 Å². The highest BCUT2D eigenvalue weighted by atomic mass is 32.1. The van der Waals surface area contributed by atoms with Gasteiger partial charge in [-0.1, -0.05) is 72.8 Å². The molecule has 0 atom stereocenters. The minimum atomic E-state index is -0.0188. The van der Waals surface area contributed by atoms with Crippen molar-refractivity contribution in [3.63, 3.8) is 0 Å². The highest BCUT2D eigenvalue weighted by molar-refractivity contribution is 7.22. The number of hydrogen-bond acceptors (Lipinski definition) is 5. The highest BCUT2D eigenvalue weighted by Gasteiger charge is 2.21. The molecule has 2 heterocycles. The van der Waals surface area contributed by atoms with Crippen molar-refractivity contribution in [2.75, 3.05) is 0 Å². The molecular weight excluding hydrogens is 432 g/mol. The first-order chi connectivity index (χ1) is 15.8. The Kier molecular flexibility index (Phi) is 4.63. The molecule has 2 aromatic heterocycles. The van der Waals surface area contributed by atoms with Crippen LogP contribution in [0.3, 0.4) is 0 Å². The van der Waals surface area contributed by atoms with Gasteiger partial charge in [0.15, 0.2) is 5.78 Å². The van der Waals surface area contributed by atoms with Crippen molar-refractivity contribution in [3.05, 3.63) is 108 Å². The third kappa shape index (κ3) is 3.23. The van der Waals surface area contributed by atoms with Crippen LogP contribution in [0.15, 0.2) is 97.1 Å². The summed E-state index contributed by atoms with van der Waals surface area (Å²) in [6.45, 7) is 0. The van der Waals surface area contributed by atoms with Crippen molar-refractivity contribution in [1.82, 2.24) is 9.97 Å². The molecule has 0 aliphatic rings. The summed E-state index contributed by atoms with van der Waals surface area (Å²) >= 11 is 3.21. The van der Waals surface area contributed by atoms with Crippen LogP contribution in [0.2, 0.25) is 0 Å². The monoisotopic (exact) mass is 448 g/mol. The largest absolute Gasteiger partial charge is 0.289 e. The molecule has 0 aliphatic heterocycles. The van der Waals surface area contributed by atoms with Gasteiger partial charge in [0, 0.05) is 22.3 Å². The second kappa shape index (κ2) is 7.79. The summed E-state index contributed by atoms with van der Waals surface area (Å²) in [6, 6.07) is 31.6. The highest BCUT2D eigenvalue weighted by Crippen LogP contribution is 2.36. The Balaban J connectivity index is 1.48. The number of ketones is 1. The first-order valence-corrected chi connectivity index (χ1v) is 11.9. The summed E-state index contributed by atoms with van der Waals surface area (Å²) in [6.07, 6.45) is 0. The molecule has 4 aromatic carbocycles. The third-order valence-electron chi connectivity index (χ3n) is 5.39.